The predicted molar refractivity (Wildman–Crippen MR) is 92.5 cm³/mol. The van der Waals surface area contributed by atoms with Crippen molar-refractivity contribution in [3.05, 3.63) is 48.0 Å². The monoisotopic (exact) mass is 383 g/mol. The third kappa shape index (κ3) is 4.91. The lowest BCUT2D eigenvalue weighted by Crippen LogP contribution is -2.33. The van der Waals surface area contributed by atoms with Crippen LogP contribution in [0.4, 0.5) is 13.2 Å². The van der Waals surface area contributed by atoms with Gasteiger partial charge < -0.3 is 19.3 Å². The molecule has 0 spiro atoms. The van der Waals surface area contributed by atoms with E-state index >= 15 is 0 Å². The van der Waals surface area contributed by atoms with Crippen LogP contribution in [-0.2, 0) is 4.74 Å². The average Bonchev–Trinajstić information content (AvgIpc) is 2.78. The van der Waals surface area contributed by atoms with Gasteiger partial charge in [0.2, 0.25) is 0 Å². The Bertz CT molecular complexity index is 763. The van der Waals surface area contributed by atoms with Gasteiger partial charge >= 0.3 is 6.36 Å². The first-order valence-corrected chi connectivity index (χ1v) is 8.41. The molecule has 0 fully saturated rings. The fourth-order valence-electron chi connectivity index (χ4n) is 2.94. The van der Waals surface area contributed by atoms with E-state index in [1.54, 1.807) is 25.3 Å². The first-order chi connectivity index (χ1) is 12.9. The van der Waals surface area contributed by atoms with Gasteiger partial charge in [-0.1, -0.05) is 18.2 Å². The molecule has 0 aromatic heterocycles. The van der Waals surface area contributed by atoms with Crippen LogP contribution in [0.2, 0.25) is 0 Å². The van der Waals surface area contributed by atoms with Gasteiger partial charge in [0.1, 0.15) is 24.3 Å². The van der Waals surface area contributed by atoms with Crippen LogP contribution in [0.25, 0.3) is 11.1 Å². The molecule has 1 heterocycles. The molecule has 0 bridgehead atoms. The summed E-state index contributed by atoms with van der Waals surface area (Å²) in [6, 6.07) is 10.9. The molecule has 1 aliphatic rings. The highest BCUT2D eigenvalue weighted by Crippen LogP contribution is 2.35. The van der Waals surface area contributed by atoms with Crippen molar-refractivity contribution in [2.75, 3.05) is 33.4 Å². The van der Waals surface area contributed by atoms with Gasteiger partial charge in [-0.05, 0) is 35.4 Å². The average molecular weight is 383 g/mol. The smallest absolute Gasteiger partial charge is 0.492 e. The van der Waals surface area contributed by atoms with Crippen LogP contribution in [-0.4, -0.2) is 49.8 Å². The summed E-state index contributed by atoms with van der Waals surface area (Å²) < 4.78 is 51.5. The number of fused-ring (bicyclic) bond motifs is 1. The highest BCUT2D eigenvalue weighted by atomic mass is 19.4. The van der Waals surface area contributed by atoms with E-state index in [2.05, 4.69) is 4.74 Å². The standard InChI is InChI=1S/C19H20F3NO4/c1-25-10-8-23-9-11-26-17-7-4-14(12-16(17)18(23)24)13-2-5-15(6-3-13)27-19(20,21)22/h2-7,12,18,24H,8-11H2,1H3. The van der Waals surface area contributed by atoms with Crippen molar-refractivity contribution in [1.29, 1.82) is 0 Å². The Kier molecular flexibility index (Phi) is 5.88. The zero-order chi connectivity index (χ0) is 19.4. The molecule has 3 rings (SSSR count). The molecule has 1 N–H and O–H groups in total. The highest BCUT2D eigenvalue weighted by Gasteiger charge is 2.31. The number of rotatable bonds is 5. The molecule has 2 aromatic rings. The number of ether oxygens (including phenoxy) is 3. The number of halogens is 3. The lowest BCUT2D eigenvalue weighted by Gasteiger charge is -2.25. The van der Waals surface area contributed by atoms with Gasteiger partial charge in [0.05, 0.1) is 6.61 Å². The van der Waals surface area contributed by atoms with Crippen molar-refractivity contribution >= 4 is 0 Å². The molecule has 8 heteroatoms. The van der Waals surface area contributed by atoms with Gasteiger partial charge in [0.25, 0.3) is 0 Å². The maximum atomic E-state index is 12.3. The van der Waals surface area contributed by atoms with Gasteiger partial charge in [-0.25, -0.2) is 0 Å². The Morgan fingerprint density at radius 2 is 1.85 bits per heavy atom. The van der Waals surface area contributed by atoms with E-state index in [0.717, 1.165) is 5.56 Å². The van der Waals surface area contributed by atoms with Crippen molar-refractivity contribution in [3.63, 3.8) is 0 Å². The molecule has 0 saturated heterocycles. The summed E-state index contributed by atoms with van der Waals surface area (Å²) in [7, 11) is 1.60. The van der Waals surface area contributed by atoms with Gasteiger partial charge in [0.15, 0.2) is 0 Å². The van der Waals surface area contributed by atoms with E-state index in [-0.39, 0.29) is 5.75 Å². The van der Waals surface area contributed by atoms with E-state index in [4.69, 9.17) is 9.47 Å². The Labute approximate surface area is 154 Å². The van der Waals surface area contributed by atoms with Crippen molar-refractivity contribution < 1.29 is 32.5 Å². The van der Waals surface area contributed by atoms with Crippen molar-refractivity contribution in [3.8, 4) is 22.6 Å². The summed E-state index contributed by atoms with van der Waals surface area (Å²) in [6.07, 6.45) is -5.58. The van der Waals surface area contributed by atoms with Gasteiger partial charge in [-0.15, -0.1) is 13.2 Å². The zero-order valence-electron chi connectivity index (χ0n) is 14.7. The van der Waals surface area contributed by atoms with Crippen LogP contribution >= 0.6 is 0 Å². The number of hydrogen-bond acceptors (Lipinski definition) is 5. The molecule has 146 valence electrons. The zero-order valence-corrected chi connectivity index (χ0v) is 14.7. The fraction of sp³-hybridized carbons (Fsp3) is 0.368. The number of aliphatic hydroxyl groups is 1. The second-order valence-corrected chi connectivity index (χ2v) is 6.08. The molecule has 0 amide bonds. The first-order valence-electron chi connectivity index (χ1n) is 8.41. The maximum absolute atomic E-state index is 12.3. The lowest BCUT2D eigenvalue weighted by molar-refractivity contribution is -0.274. The Morgan fingerprint density at radius 1 is 1.15 bits per heavy atom. The van der Waals surface area contributed by atoms with E-state index in [1.165, 1.54) is 24.3 Å². The van der Waals surface area contributed by atoms with E-state index in [9.17, 15) is 18.3 Å². The van der Waals surface area contributed by atoms with Gasteiger partial charge in [-0.3, -0.25) is 4.90 Å². The molecule has 1 atom stereocenters. The van der Waals surface area contributed by atoms with E-state index in [0.29, 0.717) is 43.2 Å². The summed E-state index contributed by atoms with van der Waals surface area (Å²) in [5, 5.41) is 10.7. The quantitative estimate of drug-likeness (QED) is 0.855. The number of benzene rings is 2. The second-order valence-electron chi connectivity index (χ2n) is 6.08. The van der Waals surface area contributed by atoms with Crippen LogP contribution in [0.1, 0.15) is 11.8 Å². The number of methoxy groups -OCH3 is 1. The maximum Gasteiger partial charge on any atom is 0.573 e. The van der Waals surface area contributed by atoms with Crippen LogP contribution in [0.3, 0.4) is 0 Å². The molecule has 1 aliphatic heterocycles. The molecule has 27 heavy (non-hydrogen) atoms. The van der Waals surface area contributed by atoms with Crippen molar-refractivity contribution in [2.24, 2.45) is 0 Å². The van der Waals surface area contributed by atoms with Gasteiger partial charge in [0, 0.05) is 25.8 Å². The minimum atomic E-state index is -4.72. The molecule has 5 nitrogen and oxygen atoms in total. The molecule has 2 aromatic carbocycles. The molecular formula is C19H20F3NO4. The number of aliphatic hydroxyl groups excluding tert-OH is 1. The SMILES string of the molecule is COCCN1CCOc2ccc(-c3ccc(OC(F)(F)F)cc3)cc2C1O. The minimum Gasteiger partial charge on any atom is -0.492 e. The number of alkyl halides is 3. The third-order valence-electron chi connectivity index (χ3n) is 4.27. The minimum absolute atomic E-state index is 0.282. The summed E-state index contributed by atoms with van der Waals surface area (Å²) in [4.78, 5) is 1.85. The van der Waals surface area contributed by atoms with Gasteiger partial charge in [-0.2, -0.15) is 0 Å². The number of hydrogen-bond donors (Lipinski definition) is 1. The third-order valence-corrected chi connectivity index (χ3v) is 4.27. The van der Waals surface area contributed by atoms with Crippen molar-refractivity contribution in [2.45, 2.75) is 12.6 Å². The van der Waals surface area contributed by atoms with E-state index < -0.39 is 12.6 Å². The molecule has 0 saturated carbocycles. The highest BCUT2D eigenvalue weighted by molar-refractivity contribution is 5.66. The molecule has 1 unspecified atom stereocenters. The largest absolute Gasteiger partial charge is 0.573 e. The summed E-state index contributed by atoms with van der Waals surface area (Å²) in [5.41, 5.74) is 2.06. The Balaban J connectivity index is 1.84. The molecule has 0 aliphatic carbocycles. The normalized spacial score (nSPS) is 17.7. The van der Waals surface area contributed by atoms with E-state index in [1.807, 2.05) is 4.90 Å². The Hall–Kier alpha value is -2.29. The second kappa shape index (κ2) is 8.16. The van der Waals surface area contributed by atoms with Crippen LogP contribution in [0.5, 0.6) is 11.5 Å². The summed E-state index contributed by atoms with van der Waals surface area (Å²) in [5.74, 6) is 0.304. The topological polar surface area (TPSA) is 51.2 Å². The molecular weight excluding hydrogens is 363 g/mol. The lowest BCUT2D eigenvalue weighted by atomic mass is 10.0. The van der Waals surface area contributed by atoms with Crippen LogP contribution < -0.4 is 9.47 Å². The summed E-state index contributed by atoms with van der Waals surface area (Å²) >= 11 is 0. The summed E-state index contributed by atoms with van der Waals surface area (Å²) in [6.45, 7) is 2.02. The number of nitrogens with zero attached hydrogens (tertiary/aromatic N) is 1. The first kappa shape index (κ1) is 19.5. The Morgan fingerprint density at radius 3 is 2.52 bits per heavy atom. The van der Waals surface area contributed by atoms with Crippen LogP contribution in [0, 0.1) is 0 Å². The molecule has 0 radical (unpaired) electrons. The fourth-order valence-corrected chi connectivity index (χ4v) is 2.94. The predicted octanol–water partition coefficient (Wildman–Crippen LogP) is 3.58. The van der Waals surface area contributed by atoms with Crippen LogP contribution in [0.15, 0.2) is 42.5 Å². The van der Waals surface area contributed by atoms with Crippen molar-refractivity contribution in [1.82, 2.24) is 4.90 Å².